The zero-order chi connectivity index (χ0) is 13.9. The lowest BCUT2D eigenvalue weighted by atomic mass is 10.1. The molecule has 0 bridgehead atoms. The van der Waals surface area contributed by atoms with Crippen molar-refractivity contribution in [2.75, 3.05) is 18.1 Å². The van der Waals surface area contributed by atoms with Gasteiger partial charge in [0.05, 0.1) is 0 Å². The number of aliphatic imine (C=N–C) groups is 1. The molecule has 0 atom stereocenters. The van der Waals surface area contributed by atoms with E-state index in [0.29, 0.717) is 25.5 Å². The summed E-state index contributed by atoms with van der Waals surface area (Å²) in [7, 11) is 0. The smallest absolute Gasteiger partial charge is 0.129 e. The lowest BCUT2D eigenvalue weighted by Gasteiger charge is -2.29. The van der Waals surface area contributed by atoms with Gasteiger partial charge in [-0.05, 0) is 30.2 Å². The van der Waals surface area contributed by atoms with Gasteiger partial charge >= 0.3 is 0 Å². The van der Waals surface area contributed by atoms with Crippen LogP contribution < -0.4 is 10.6 Å². The van der Waals surface area contributed by atoms with Crippen molar-refractivity contribution < 1.29 is 4.39 Å². The molecule has 2 aromatic carbocycles. The topological polar surface area (TPSA) is 41.6 Å². The summed E-state index contributed by atoms with van der Waals surface area (Å²) >= 11 is 0. The van der Waals surface area contributed by atoms with Gasteiger partial charge in [-0.25, -0.2) is 9.38 Å². The second-order valence-corrected chi connectivity index (χ2v) is 4.81. The molecule has 3 rings (SSSR count). The summed E-state index contributed by atoms with van der Waals surface area (Å²) < 4.78 is 13.6. The Kier molecular flexibility index (Phi) is 3.37. The van der Waals surface area contributed by atoms with Gasteiger partial charge in [-0.1, -0.05) is 30.3 Å². The SMILES string of the molecule is NC1=NCN(CCc2ccccc2F)c2ccccc21. The van der Waals surface area contributed by atoms with Crippen LogP contribution in [0.4, 0.5) is 10.1 Å². The molecular weight excluding hydrogens is 253 g/mol. The lowest BCUT2D eigenvalue weighted by Crippen LogP contribution is -2.34. The van der Waals surface area contributed by atoms with Crippen LogP contribution in [0.25, 0.3) is 0 Å². The van der Waals surface area contributed by atoms with Crippen molar-refractivity contribution >= 4 is 11.5 Å². The molecule has 0 unspecified atom stereocenters. The molecule has 1 aliphatic heterocycles. The minimum absolute atomic E-state index is 0.152. The Labute approximate surface area is 117 Å². The normalized spacial score (nSPS) is 13.8. The Morgan fingerprint density at radius 2 is 1.85 bits per heavy atom. The van der Waals surface area contributed by atoms with Gasteiger partial charge in [0.2, 0.25) is 0 Å². The summed E-state index contributed by atoms with van der Waals surface area (Å²) in [6.07, 6.45) is 0.649. The fourth-order valence-corrected chi connectivity index (χ4v) is 2.44. The Bertz CT molecular complexity index is 652. The van der Waals surface area contributed by atoms with Crippen LogP contribution in [0.2, 0.25) is 0 Å². The van der Waals surface area contributed by atoms with E-state index in [1.807, 2.05) is 36.4 Å². The molecule has 0 aliphatic carbocycles. The maximum Gasteiger partial charge on any atom is 0.129 e. The molecule has 102 valence electrons. The molecule has 2 aromatic rings. The Balaban J connectivity index is 1.78. The third-order valence-electron chi connectivity index (χ3n) is 3.54. The predicted octanol–water partition coefficient (Wildman–Crippen LogP) is 2.55. The number of benzene rings is 2. The second-order valence-electron chi connectivity index (χ2n) is 4.81. The Morgan fingerprint density at radius 3 is 2.70 bits per heavy atom. The number of hydrogen-bond donors (Lipinski definition) is 1. The second kappa shape index (κ2) is 5.33. The fourth-order valence-electron chi connectivity index (χ4n) is 2.44. The molecule has 0 saturated heterocycles. The van der Waals surface area contributed by atoms with Gasteiger partial charge in [0.25, 0.3) is 0 Å². The van der Waals surface area contributed by atoms with Crippen LogP contribution >= 0.6 is 0 Å². The summed E-state index contributed by atoms with van der Waals surface area (Å²) in [6.45, 7) is 1.24. The maximum atomic E-state index is 13.6. The van der Waals surface area contributed by atoms with E-state index >= 15 is 0 Å². The number of amidine groups is 1. The van der Waals surface area contributed by atoms with Crippen LogP contribution in [0.5, 0.6) is 0 Å². The Morgan fingerprint density at radius 1 is 1.10 bits per heavy atom. The predicted molar refractivity (Wildman–Crippen MR) is 79.5 cm³/mol. The van der Waals surface area contributed by atoms with Crippen molar-refractivity contribution in [2.24, 2.45) is 10.7 Å². The molecule has 20 heavy (non-hydrogen) atoms. The third kappa shape index (κ3) is 2.37. The third-order valence-corrected chi connectivity index (χ3v) is 3.54. The summed E-state index contributed by atoms with van der Waals surface area (Å²) in [4.78, 5) is 6.44. The van der Waals surface area contributed by atoms with E-state index in [9.17, 15) is 4.39 Å². The van der Waals surface area contributed by atoms with Crippen molar-refractivity contribution in [2.45, 2.75) is 6.42 Å². The first-order valence-electron chi connectivity index (χ1n) is 6.63. The summed E-state index contributed by atoms with van der Waals surface area (Å²) in [5.41, 5.74) is 8.65. The molecule has 0 spiro atoms. The zero-order valence-corrected chi connectivity index (χ0v) is 11.1. The quantitative estimate of drug-likeness (QED) is 0.930. The minimum atomic E-state index is -0.152. The van der Waals surface area contributed by atoms with Crippen LogP contribution in [0.3, 0.4) is 0 Å². The van der Waals surface area contributed by atoms with Gasteiger partial charge in [-0.2, -0.15) is 0 Å². The molecule has 4 heteroatoms. The number of rotatable bonds is 3. The van der Waals surface area contributed by atoms with E-state index in [0.717, 1.165) is 16.8 Å². The van der Waals surface area contributed by atoms with E-state index in [2.05, 4.69) is 9.89 Å². The number of para-hydroxylation sites is 1. The molecule has 0 amide bonds. The molecule has 0 fully saturated rings. The van der Waals surface area contributed by atoms with Crippen LogP contribution in [-0.4, -0.2) is 19.0 Å². The molecule has 0 radical (unpaired) electrons. The monoisotopic (exact) mass is 269 g/mol. The van der Waals surface area contributed by atoms with E-state index < -0.39 is 0 Å². The van der Waals surface area contributed by atoms with Crippen molar-refractivity contribution in [1.82, 2.24) is 0 Å². The van der Waals surface area contributed by atoms with Gasteiger partial charge in [-0.15, -0.1) is 0 Å². The fraction of sp³-hybridized carbons (Fsp3) is 0.188. The minimum Gasteiger partial charge on any atom is -0.383 e. The van der Waals surface area contributed by atoms with Gasteiger partial charge in [0.1, 0.15) is 18.3 Å². The van der Waals surface area contributed by atoms with Crippen molar-refractivity contribution in [3.63, 3.8) is 0 Å². The molecule has 3 nitrogen and oxygen atoms in total. The zero-order valence-electron chi connectivity index (χ0n) is 11.1. The van der Waals surface area contributed by atoms with Crippen molar-refractivity contribution in [3.8, 4) is 0 Å². The van der Waals surface area contributed by atoms with Crippen LogP contribution in [0.15, 0.2) is 53.5 Å². The van der Waals surface area contributed by atoms with E-state index in [-0.39, 0.29) is 5.82 Å². The highest BCUT2D eigenvalue weighted by Gasteiger charge is 2.17. The maximum absolute atomic E-state index is 13.6. The van der Waals surface area contributed by atoms with Gasteiger partial charge in [0.15, 0.2) is 0 Å². The number of halogens is 1. The van der Waals surface area contributed by atoms with Crippen LogP contribution in [-0.2, 0) is 6.42 Å². The lowest BCUT2D eigenvalue weighted by molar-refractivity contribution is 0.606. The van der Waals surface area contributed by atoms with Crippen molar-refractivity contribution in [3.05, 3.63) is 65.5 Å². The van der Waals surface area contributed by atoms with Gasteiger partial charge in [-0.3, -0.25) is 0 Å². The molecule has 1 aliphatic rings. The number of nitrogens with two attached hydrogens (primary N) is 1. The summed E-state index contributed by atoms with van der Waals surface area (Å²) in [6, 6.07) is 14.8. The first kappa shape index (κ1) is 12.7. The van der Waals surface area contributed by atoms with Gasteiger partial charge < -0.3 is 10.6 Å². The molecular formula is C16H16FN3. The van der Waals surface area contributed by atoms with Crippen molar-refractivity contribution in [1.29, 1.82) is 0 Å². The molecule has 1 heterocycles. The van der Waals surface area contributed by atoms with Crippen LogP contribution in [0, 0.1) is 5.82 Å². The number of fused-ring (bicyclic) bond motifs is 1. The van der Waals surface area contributed by atoms with Gasteiger partial charge in [0, 0.05) is 17.8 Å². The average molecular weight is 269 g/mol. The first-order valence-corrected chi connectivity index (χ1v) is 6.63. The highest BCUT2D eigenvalue weighted by atomic mass is 19.1. The highest BCUT2D eigenvalue weighted by Crippen LogP contribution is 2.24. The molecule has 0 aromatic heterocycles. The average Bonchev–Trinajstić information content (AvgIpc) is 2.48. The molecule has 0 saturated carbocycles. The molecule has 2 N–H and O–H groups in total. The summed E-state index contributed by atoms with van der Waals surface area (Å²) in [5.74, 6) is 0.420. The van der Waals surface area contributed by atoms with E-state index in [4.69, 9.17) is 5.73 Å². The highest BCUT2D eigenvalue weighted by molar-refractivity contribution is 6.03. The largest absolute Gasteiger partial charge is 0.383 e. The van der Waals surface area contributed by atoms with Crippen LogP contribution in [0.1, 0.15) is 11.1 Å². The van der Waals surface area contributed by atoms with E-state index in [1.165, 1.54) is 6.07 Å². The summed E-state index contributed by atoms with van der Waals surface area (Å²) in [5, 5.41) is 0. The van der Waals surface area contributed by atoms with E-state index in [1.54, 1.807) is 6.07 Å². The first-order chi connectivity index (χ1) is 9.75. The number of nitrogens with zero attached hydrogens (tertiary/aromatic N) is 2. The number of hydrogen-bond acceptors (Lipinski definition) is 3. The standard InChI is InChI=1S/C16H16FN3/c17-14-7-3-1-5-12(14)9-10-20-11-19-16(18)13-6-2-4-8-15(13)20/h1-8H,9-11H2,(H2,18,19). The Hall–Kier alpha value is -2.36. The number of anilines is 1.